The first kappa shape index (κ1) is 14.5. The number of hydrogen-bond donors (Lipinski definition) is 3. The molecule has 0 aliphatic carbocycles. The van der Waals surface area contributed by atoms with Crippen LogP contribution in [0.1, 0.15) is 5.56 Å². The van der Waals surface area contributed by atoms with E-state index in [2.05, 4.69) is 4.98 Å². The number of hydrogen-bond acceptors (Lipinski definition) is 4. The van der Waals surface area contributed by atoms with E-state index < -0.39 is 24.1 Å². The van der Waals surface area contributed by atoms with Gasteiger partial charge in [0.2, 0.25) is 0 Å². The van der Waals surface area contributed by atoms with E-state index in [1.54, 1.807) is 0 Å². The molecule has 0 radical (unpaired) electrons. The first-order valence-corrected chi connectivity index (χ1v) is 3.57. The first-order valence-electron chi connectivity index (χ1n) is 3.57. The van der Waals surface area contributed by atoms with Crippen LogP contribution in [-0.4, -0.2) is 26.8 Å². The fourth-order valence-electron chi connectivity index (χ4n) is 0.966. The predicted octanol–water partition coefficient (Wildman–Crippen LogP) is -3.77. The summed E-state index contributed by atoms with van der Waals surface area (Å²) in [6, 6.07) is 1.58. The van der Waals surface area contributed by atoms with Crippen molar-refractivity contribution < 1.29 is 47.1 Å². The van der Waals surface area contributed by atoms with Gasteiger partial charge < -0.3 is 15.1 Å². The number of aromatic nitrogens is 1. The van der Waals surface area contributed by atoms with Crippen LogP contribution in [0.3, 0.4) is 0 Å². The van der Waals surface area contributed by atoms with Crippen molar-refractivity contribution in [2.45, 2.75) is 6.18 Å². The minimum atomic E-state index is -4.79. The predicted molar refractivity (Wildman–Crippen MR) is 41.3 cm³/mol. The van der Waals surface area contributed by atoms with Crippen LogP contribution in [0.2, 0.25) is 0 Å². The summed E-state index contributed by atoms with van der Waals surface area (Å²) in [5, 5.41) is 25.9. The Kier molecular flexibility index (Phi) is 4.39. The Bertz CT molecular complexity index is 308. The standard InChI is InChI=1S/C6H6BF3NO3.Li/c8-6(9,10)4-2-1-3-11-5(4)7(12,13)14;/h1-3,12-14H;/q-1;+1. The molecular formula is C6H6BF3LiNO3. The van der Waals surface area contributed by atoms with Gasteiger partial charge in [-0.1, -0.05) is 0 Å². The summed E-state index contributed by atoms with van der Waals surface area (Å²) in [6.45, 7) is -4.23. The largest absolute Gasteiger partial charge is 1.00 e. The van der Waals surface area contributed by atoms with E-state index in [-0.39, 0.29) is 18.9 Å². The van der Waals surface area contributed by atoms with Crippen molar-refractivity contribution in [2.75, 3.05) is 0 Å². The van der Waals surface area contributed by atoms with E-state index in [1.165, 1.54) is 0 Å². The molecule has 0 unspecified atom stereocenters. The Morgan fingerprint density at radius 2 is 1.73 bits per heavy atom. The Hall–Kier alpha value is -0.518. The summed E-state index contributed by atoms with van der Waals surface area (Å²) in [7, 11) is 0. The van der Waals surface area contributed by atoms with E-state index in [0.717, 1.165) is 12.3 Å². The molecular weight excluding hydrogens is 209 g/mol. The molecule has 1 aromatic heterocycles. The zero-order valence-corrected chi connectivity index (χ0v) is 7.73. The second-order valence-corrected chi connectivity index (χ2v) is 2.67. The summed E-state index contributed by atoms with van der Waals surface area (Å²) in [6.07, 6.45) is -3.87. The van der Waals surface area contributed by atoms with Crippen LogP contribution in [0, 0.1) is 0 Å². The molecule has 0 amide bonds. The van der Waals surface area contributed by atoms with Crippen LogP contribution < -0.4 is 24.5 Å². The van der Waals surface area contributed by atoms with E-state index >= 15 is 0 Å². The third kappa shape index (κ3) is 3.52. The van der Waals surface area contributed by atoms with Crippen molar-refractivity contribution >= 4 is 12.3 Å². The number of nitrogens with zero attached hydrogens (tertiary/aromatic N) is 1. The number of alkyl halides is 3. The number of halogens is 3. The van der Waals surface area contributed by atoms with Gasteiger partial charge >= 0.3 is 31.8 Å². The average Bonchev–Trinajstić information content (AvgIpc) is 2.01. The van der Waals surface area contributed by atoms with Crippen LogP contribution >= 0.6 is 0 Å². The van der Waals surface area contributed by atoms with E-state index in [0.29, 0.717) is 6.07 Å². The zero-order valence-electron chi connectivity index (χ0n) is 7.73. The smallest absolute Gasteiger partial charge is 0.555 e. The minimum absolute atomic E-state index is 0. The van der Waals surface area contributed by atoms with Gasteiger partial charge in [-0.3, -0.25) is 4.98 Å². The van der Waals surface area contributed by atoms with Crippen molar-refractivity contribution in [3.05, 3.63) is 23.9 Å². The molecule has 0 spiro atoms. The SMILES string of the molecule is O[B-](O)(O)c1ncccc1C(F)(F)F.[Li+]. The summed E-state index contributed by atoms with van der Waals surface area (Å²) in [5.41, 5.74) is -2.55. The van der Waals surface area contributed by atoms with Crippen molar-refractivity contribution in [1.82, 2.24) is 4.98 Å². The van der Waals surface area contributed by atoms with Crippen molar-refractivity contribution in [2.24, 2.45) is 0 Å². The second-order valence-electron chi connectivity index (χ2n) is 2.67. The summed E-state index contributed by atoms with van der Waals surface area (Å²) >= 11 is 0. The molecule has 3 N–H and O–H groups in total. The van der Waals surface area contributed by atoms with Gasteiger partial charge in [-0.05, 0) is 17.7 Å². The van der Waals surface area contributed by atoms with Crippen LogP contribution in [-0.2, 0) is 6.18 Å². The van der Waals surface area contributed by atoms with E-state index in [1.807, 2.05) is 0 Å². The fourth-order valence-corrected chi connectivity index (χ4v) is 0.966. The molecule has 9 heteroatoms. The molecule has 0 aliphatic rings. The van der Waals surface area contributed by atoms with Crippen LogP contribution in [0.4, 0.5) is 13.2 Å². The molecule has 1 aromatic rings. The monoisotopic (exact) mass is 215 g/mol. The third-order valence-electron chi connectivity index (χ3n) is 1.51. The number of pyridine rings is 1. The van der Waals surface area contributed by atoms with Crippen LogP contribution in [0.25, 0.3) is 0 Å². The second kappa shape index (κ2) is 4.55. The summed E-state index contributed by atoms with van der Waals surface area (Å²) < 4.78 is 36.6. The molecule has 0 atom stereocenters. The molecule has 0 saturated heterocycles. The molecule has 0 aromatic carbocycles. The molecule has 1 rings (SSSR count). The van der Waals surface area contributed by atoms with Gasteiger partial charge in [-0.2, -0.15) is 13.2 Å². The number of rotatable bonds is 1. The van der Waals surface area contributed by atoms with Crippen molar-refractivity contribution in [3.8, 4) is 0 Å². The van der Waals surface area contributed by atoms with Crippen molar-refractivity contribution in [3.63, 3.8) is 0 Å². The van der Waals surface area contributed by atoms with Gasteiger partial charge in [-0.25, -0.2) is 0 Å². The molecule has 15 heavy (non-hydrogen) atoms. The molecule has 78 valence electrons. The molecule has 0 fully saturated rings. The fraction of sp³-hybridized carbons (Fsp3) is 0.167. The maximum absolute atomic E-state index is 12.2. The van der Waals surface area contributed by atoms with Gasteiger partial charge in [0, 0.05) is 11.8 Å². The molecule has 0 saturated carbocycles. The molecule has 0 bridgehead atoms. The Morgan fingerprint density at radius 3 is 2.07 bits per heavy atom. The Labute approximate surface area is 95.0 Å². The maximum Gasteiger partial charge on any atom is 1.00 e. The van der Waals surface area contributed by atoms with E-state index in [9.17, 15) is 13.2 Å². The topological polar surface area (TPSA) is 73.6 Å². The Balaban J connectivity index is 0.00000196. The summed E-state index contributed by atoms with van der Waals surface area (Å²) in [5.74, 6) is 0. The van der Waals surface area contributed by atoms with Gasteiger partial charge in [0.25, 0.3) is 0 Å². The van der Waals surface area contributed by atoms with E-state index in [4.69, 9.17) is 15.1 Å². The third-order valence-corrected chi connectivity index (χ3v) is 1.51. The maximum atomic E-state index is 12.2. The quantitative estimate of drug-likeness (QED) is 0.420. The normalized spacial score (nSPS) is 12.1. The first-order chi connectivity index (χ1) is 6.23. The van der Waals surface area contributed by atoms with Crippen LogP contribution in [0.15, 0.2) is 18.3 Å². The van der Waals surface area contributed by atoms with Gasteiger partial charge in [0.1, 0.15) is 0 Å². The zero-order chi connectivity index (χ0) is 11.0. The molecule has 1 heterocycles. The van der Waals surface area contributed by atoms with Crippen molar-refractivity contribution in [1.29, 1.82) is 0 Å². The Morgan fingerprint density at radius 1 is 1.20 bits per heavy atom. The van der Waals surface area contributed by atoms with Gasteiger partial charge in [0.05, 0.1) is 0 Å². The van der Waals surface area contributed by atoms with Crippen LogP contribution in [0.5, 0.6) is 0 Å². The molecule has 4 nitrogen and oxygen atoms in total. The minimum Gasteiger partial charge on any atom is -0.555 e. The molecule has 0 aliphatic heterocycles. The van der Waals surface area contributed by atoms with Gasteiger partial charge in [0.15, 0.2) is 0 Å². The summed E-state index contributed by atoms with van der Waals surface area (Å²) in [4.78, 5) is 3.07. The van der Waals surface area contributed by atoms with Gasteiger partial charge in [-0.15, -0.1) is 0 Å². The average molecular weight is 215 g/mol.